The van der Waals surface area contributed by atoms with Crippen molar-refractivity contribution < 1.29 is 19.2 Å². The van der Waals surface area contributed by atoms with E-state index in [9.17, 15) is 4.79 Å². The topological polar surface area (TPSA) is 88.7 Å². The van der Waals surface area contributed by atoms with Crippen molar-refractivity contribution in [3.8, 4) is 34.0 Å². The van der Waals surface area contributed by atoms with Crippen molar-refractivity contribution in [2.75, 3.05) is 20.7 Å². The number of benzene rings is 3. The van der Waals surface area contributed by atoms with Crippen LogP contribution in [0.15, 0.2) is 69.7 Å². The summed E-state index contributed by atoms with van der Waals surface area (Å²) in [5, 5.41) is 13.1. The fourth-order valence-corrected chi connectivity index (χ4v) is 4.49. The third kappa shape index (κ3) is 5.85. The number of methoxy groups -OCH3 is 1. The Morgan fingerprint density at radius 2 is 1.83 bits per heavy atom. The Morgan fingerprint density at radius 1 is 1.06 bits per heavy atom. The van der Waals surface area contributed by atoms with Crippen LogP contribution >= 0.6 is 15.9 Å². The lowest BCUT2D eigenvalue weighted by molar-refractivity contribution is -0.138. The lowest BCUT2D eigenvalue weighted by Gasteiger charge is -2.15. The van der Waals surface area contributed by atoms with Crippen LogP contribution in [0.2, 0.25) is 0 Å². The summed E-state index contributed by atoms with van der Waals surface area (Å²) in [6.07, 6.45) is 0. The normalized spacial score (nSPS) is 11.2. The second-order valence-electron chi connectivity index (χ2n) is 8.42. The van der Waals surface area contributed by atoms with Crippen LogP contribution in [-0.2, 0) is 22.7 Å². The van der Waals surface area contributed by atoms with Gasteiger partial charge < -0.3 is 14.4 Å². The Bertz CT molecular complexity index is 1350. The summed E-state index contributed by atoms with van der Waals surface area (Å²) < 4.78 is 11.9. The molecule has 0 aliphatic carbocycles. The molecule has 0 saturated heterocycles. The number of aryl methyl sites for hydroxylation is 1. The van der Waals surface area contributed by atoms with E-state index in [2.05, 4.69) is 51.2 Å². The number of hydrogen-bond donors (Lipinski definition) is 1. The number of nitrogens with zero attached hydrogens (tertiary/aromatic N) is 3. The van der Waals surface area contributed by atoms with Gasteiger partial charge in [-0.05, 0) is 60.0 Å². The Kier molecular flexibility index (Phi) is 7.75. The molecule has 4 rings (SSSR count). The Balaban J connectivity index is 1.60. The van der Waals surface area contributed by atoms with Crippen molar-refractivity contribution in [2.24, 2.45) is 0 Å². The minimum absolute atomic E-state index is 0.0317. The molecule has 4 aromatic rings. The highest BCUT2D eigenvalue weighted by Gasteiger charge is 2.16. The number of rotatable bonds is 9. The fraction of sp³-hybridized carbons (Fsp3) is 0.222. The third-order valence-corrected chi connectivity index (χ3v) is 6.41. The lowest BCUT2D eigenvalue weighted by Crippen LogP contribution is -2.25. The standard InChI is InChI=1S/C27H26BrN3O4/c1-17-6-4-5-7-22(17)23-11-10-19(12-21(23)16-34-3)27-29-26(30-35-27)18-8-9-20(24(28)13-18)14-31(2)15-25(32)33/h4-13H,14-16H2,1-3H3,(H,32,33). The summed E-state index contributed by atoms with van der Waals surface area (Å²) in [6.45, 7) is 3.02. The average molecular weight is 536 g/mol. The zero-order chi connectivity index (χ0) is 24.9. The summed E-state index contributed by atoms with van der Waals surface area (Å²) in [5.74, 6) is 0.0395. The monoisotopic (exact) mass is 535 g/mol. The summed E-state index contributed by atoms with van der Waals surface area (Å²) in [6, 6.07) is 20.1. The highest BCUT2D eigenvalue weighted by molar-refractivity contribution is 9.10. The molecule has 7 nitrogen and oxygen atoms in total. The van der Waals surface area contributed by atoms with Crippen molar-refractivity contribution in [1.29, 1.82) is 0 Å². The van der Waals surface area contributed by atoms with E-state index >= 15 is 0 Å². The smallest absolute Gasteiger partial charge is 0.317 e. The molecule has 1 N–H and O–H groups in total. The largest absolute Gasteiger partial charge is 0.480 e. The molecule has 0 radical (unpaired) electrons. The van der Waals surface area contributed by atoms with Gasteiger partial charge in [0.25, 0.3) is 5.89 Å². The number of carboxylic acid groups (broad SMARTS) is 1. The molecule has 35 heavy (non-hydrogen) atoms. The van der Waals surface area contributed by atoms with E-state index in [-0.39, 0.29) is 6.54 Å². The van der Waals surface area contributed by atoms with E-state index in [0.29, 0.717) is 24.9 Å². The number of carbonyl (C=O) groups is 1. The van der Waals surface area contributed by atoms with Gasteiger partial charge in [-0.25, -0.2) is 0 Å². The van der Waals surface area contributed by atoms with Crippen molar-refractivity contribution in [1.82, 2.24) is 15.0 Å². The molecule has 180 valence electrons. The molecule has 0 fully saturated rings. The molecule has 0 bridgehead atoms. The van der Waals surface area contributed by atoms with Crippen LogP contribution in [0.4, 0.5) is 0 Å². The van der Waals surface area contributed by atoms with E-state index in [1.807, 2.05) is 42.5 Å². The molecule has 0 amide bonds. The van der Waals surface area contributed by atoms with Gasteiger partial charge in [-0.1, -0.05) is 63.6 Å². The summed E-state index contributed by atoms with van der Waals surface area (Å²) in [4.78, 5) is 17.3. The van der Waals surface area contributed by atoms with Gasteiger partial charge in [0, 0.05) is 29.3 Å². The summed E-state index contributed by atoms with van der Waals surface area (Å²) in [5.41, 5.74) is 7.09. The number of halogens is 1. The number of likely N-dealkylation sites (N-methyl/N-ethyl adjacent to an activating group) is 1. The number of ether oxygens (including phenoxy) is 1. The Hall–Kier alpha value is -3.33. The molecule has 0 aliphatic rings. The molecule has 3 aromatic carbocycles. The van der Waals surface area contributed by atoms with Crippen LogP contribution < -0.4 is 0 Å². The molecule has 1 aromatic heterocycles. The first-order valence-electron chi connectivity index (χ1n) is 11.1. The molecule has 8 heteroatoms. The van der Waals surface area contributed by atoms with Crippen LogP contribution in [0, 0.1) is 6.92 Å². The molecular weight excluding hydrogens is 510 g/mol. The van der Waals surface area contributed by atoms with Crippen LogP contribution in [0.1, 0.15) is 16.7 Å². The van der Waals surface area contributed by atoms with Crippen molar-refractivity contribution >= 4 is 21.9 Å². The SMILES string of the molecule is COCc1cc(-c2nc(-c3ccc(CN(C)CC(=O)O)c(Br)c3)no2)ccc1-c1ccccc1C. The van der Waals surface area contributed by atoms with Gasteiger partial charge in [0.1, 0.15) is 0 Å². The first kappa shape index (κ1) is 24.8. The van der Waals surface area contributed by atoms with Gasteiger partial charge in [0.15, 0.2) is 0 Å². The van der Waals surface area contributed by atoms with Gasteiger partial charge in [0.05, 0.1) is 13.2 Å². The Labute approximate surface area is 212 Å². The predicted octanol–water partition coefficient (Wildman–Crippen LogP) is 5.80. The predicted molar refractivity (Wildman–Crippen MR) is 138 cm³/mol. The maximum atomic E-state index is 10.9. The minimum atomic E-state index is -0.861. The number of hydrogen-bond acceptors (Lipinski definition) is 6. The maximum absolute atomic E-state index is 10.9. The molecular formula is C27H26BrN3O4. The first-order chi connectivity index (χ1) is 16.9. The van der Waals surface area contributed by atoms with Crippen molar-refractivity contribution in [3.05, 3.63) is 81.8 Å². The van der Waals surface area contributed by atoms with Gasteiger partial charge in [-0.2, -0.15) is 4.98 Å². The zero-order valence-corrected chi connectivity index (χ0v) is 21.4. The summed E-state index contributed by atoms with van der Waals surface area (Å²) in [7, 11) is 3.45. The molecule has 0 aliphatic heterocycles. The van der Waals surface area contributed by atoms with E-state index in [0.717, 1.165) is 37.9 Å². The highest BCUT2D eigenvalue weighted by Crippen LogP contribution is 2.32. The van der Waals surface area contributed by atoms with Crippen LogP contribution in [-0.4, -0.2) is 46.8 Å². The van der Waals surface area contributed by atoms with E-state index in [1.165, 1.54) is 5.56 Å². The number of aromatic nitrogens is 2. The van der Waals surface area contributed by atoms with Crippen LogP contribution in [0.5, 0.6) is 0 Å². The minimum Gasteiger partial charge on any atom is -0.480 e. The number of aliphatic carboxylic acids is 1. The zero-order valence-electron chi connectivity index (χ0n) is 19.8. The van der Waals surface area contributed by atoms with Crippen LogP contribution in [0.3, 0.4) is 0 Å². The fourth-order valence-electron chi connectivity index (χ4n) is 3.99. The van der Waals surface area contributed by atoms with E-state index < -0.39 is 5.97 Å². The molecule has 0 spiro atoms. The lowest BCUT2D eigenvalue weighted by atomic mass is 9.94. The molecule has 1 heterocycles. The van der Waals surface area contributed by atoms with Crippen molar-refractivity contribution in [3.63, 3.8) is 0 Å². The second kappa shape index (κ2) is 10.9. The Morgan fingerprint density at radius 3 is 2.54 bits per heavy atom. The van der Waals surface area contributed by atoms with E-state index in [4.69, 9.17) is 14.4 Å². The highest BCUT2D eigenvalue weighted by atomic mass is 79.9. The third-order valence-electron chi connectivity index (χ3n) is 5.67. The van der Waals surface area contributed by atoms with Crippen LogP contribution in [0.25, 0.3) is 34.0 Å². The van der Waals surface area contributed by atoms with Gasteiger partial charge >= 0.3 is 5.97 Å². The first-order valence-corrected chi connectivity index (χ1v) is 11.9. The maximum Gasteiger partial charge on any atom is 0.317 e. The molecule has 0 unspecified atom stereocenters. The average Bonchev–Trinajstić information content (AvgIpc) is 3.31. The quantitative estimate of drug-likeness (QED) is 0.289. The number of carboxylic acids is 1. The van der Waals surface area contributed by atoms with Crippen molar-refractivity contribution in [2.45, 2.75) is 20.1 Å². The molecule has 0 saturated carbocycles. The van der Waals surface area contributed by atoms with Gasteiger partial charge in [-0.3, -0.25) is 9.69 Å². The summed E-state index contributed by atoms with van der Waals surface area (Å²) >= 11 is 3.58. The molecule has 0 atom stereocenters. The second-order valence-corrected chi connectivity index (χ2v) is 9.27. The van der Waals surface area contributed by atoms with E-state index in [1.54, 1.807) is 19.1 Å². The van der Waals surface area contributed by atoms with Gasteiger partial charge in [0.2, 0.25) is 5.82 Å². The van der Waals surface area contributed by atoms with Gasteiger partial charge in [-0.15, -0.1) is 0 Å².